The lowest BCUT2D eigenvalue weighted by Crippen LogP contribution is -2.02. The SMILES string of the molecule is CNCc1cc(C)c(-c2ccc(C)c(C)c2)s1. The lowest BCUT2D eigenvalue weighted by molar-refractivity contribution is 0.831. The molecule has 0 fully saturated rings. The minimum absolute atomic E-state index is 0.955. The van der Waals surface area contributed by atoms with Crippen molar-refractivity contribution < 1.29 is 0 Å². The van der Waals surface area contributed by atoms with Crippen LogP contribution in [0, 0.1) is 20.8 Å². The highest BCUT2D eigenvalue weighted by atomic mass is 32.1. The Morgan fingerprint density at radius 3 is 2.41 bits per heavy atom. The topological polar surface area (TPSA) is 12.0 Å². The molecule has 1 aromatic heterocycles. The quantitative estimate of drug-likeness (QED) is 0.860. The summed E-state index contributed by atoms with van der Waals surface area (Å²) in [6, 6.07) is 9.01. The van der Waals surface area contributed by atoms with Gasteiger partial charge in [-0.05, 0) is 56.1 Å². The maximum absolute atomic E-state index is 3.21. The van der Waals surface area contributed by atoms with Crippen LogP contribution < -0.4 is 5.32 Å². The molecule has 2 aromatic rings. The summed E-state index contributed by atoms with van der Waals surface area (Å²) in [4.78, 5) is 2.80. The van der Waals surface area contributed by atoms with E-state index in [1.54, 1.807) is 0 Å². The standard InChI is InChI=1S/C15H19NS/c1-10-5-6-13(7-11(10)2)15-12(3)8-14(17-15)9-16-4/h5-8,16H,9H2,1-4H3. The Bertz CT molecular complexity index is 526. The Kier molecular flexibility index (Phi) is 3.65. The van der Waals surface area contributed by atoms with Crippen molar-refractivity contribution in [2.75, 3.05) is 7.05 Å². The van der Waals surface area contributed by atoms with Crippen molar-refractivity contribution in [2.45, 2.75) is 27.3 Å². The first kappa shape index (κ1) is 12.3. The van der Waals surface area contributed by atoms with Crippen molar-refractivity contribution in [2.24, 2.45) is 0 Å². The van der Waals surface area contributed by atoms with Crippen LogP contribution in [0.4, 0.5) is 0 Å². The van der Waals surface area contributed by atoms with E-state index in [0.717, 1.165) is 6.54 Å². The minimum Gasteiger partial charge on any atom is -0.315 e. The summed E-state index contributed by atoms with van der Waals surface area (Å²) in [6.07, 6.45) is 0. The van der Waals surface area contributed by atoms with Crippen LogP contribution in [0.25, 0.3) is 10.4 Å². The maximum Gasteiger partial charge on any atom is 0.0375 e. The van der Waals surface area contributed by atoms with Gasteiger partial charge in [-0.1, -0.05) is 18.2 Å². The number of aryl methyl sites for hydroxylation is 3. The zero-order chi connectivity index (χ0) is 12.4. The second kappa shape index (κ2) is 5.03. The second-order valence-electron chi connectivity index (χ2n) is 4.55. The van der Waals surface area contributed by atoms with Gasteiger partial charge in [-0.3, -0.25) is 0 Å². The highest BCUT2D eigenvalue weighted by molar-refractivity contribution is 7.15. The van der Waals surface area contributed by atoms with Gasteiger partial charge in [0.1, 0.15) is 0 Å². The molecule has 0 bridgehead atoms. The molecule has 0 saturated carbocycles. The Morgan fingerprint density at radius 2 is 1.76 bits per heavy atom. The van der Waals surface area contributed by atoms with Crippen molar-refractivity contribution in [3.05, 3.63) is 45.8 Å². The van der Waals surface area contributed by atoms with Crippen LogP contribution in [0.3, 0.4) is 0 Å². The van der Waals surface area contributed by atoms with E-state index in [4.69, 9.17) is 0 Å². The van der Waals surface area contributed by atoms with E-state index in [0.29, 0.717) is 0 Å². The van der Waals surface area contributed by atoms with E-state index in [1.165, 1.54) is 32.0 Å². The molecule has 0 aliphatic rings. The molecule has 1 heterocycles. The lowest BCUT2D eigenvalue weighted by Gasteiger charge is -2.04. The first-order valence-electron chi connectivity index (χ1n) is 5.93. The molecule has 17 heavy (non-hydrogen) atoms. The van der Waals surface area contributed by atoms with E-state index in [-0.39, 0.29) is 0 Å². The van der Waals surface area contributed by atoms with Crippen LogP contribution in [0.1, 0.15) is 21.6 Å². The molecule has 0 saturated heterocycles. The third-order valence-corrected chi connectivity index (χ3v) is 4.38. The zero-order valence-corrected chi connectivity index (χ0v) is 11.7. The van der Waals surface area contributed by atoms with Crippen molar-refractivity contribution in [1.29, 1.82) is 0 Å². The Hall–Kier alpha value is -1.12. The van der Waals surface area contributed by atoms with Crippen LogP contribution in [0.2, 0.25) is 0 Å². The van der Waals surface area contributed by atoms with Crippen LogP contribution in [-0.2, 0) is 6.54 Å². The van der Waals surface area contributed by atoms with Gasteiger partial charge >= 0.3 is 0 Å². The minimum atomic E-state index is 0.955. The fraction of sp³-hybridized carbons (Fsp3) is 0.333. The summed E-state index contributed by atoms with van der Waals surface area (Å²) in [5.74, 6) is 0. The highest BCUT2D eigenvalue weighted by Gasteiger charge is 2.08. The molecule has 1 aromatic carbocycles. The number of nitrogens with one attached hydrogen (secondary N) is 1. The van der Waals surface area contributed by atoms with E-state index >= 15 is 0 Å². The van der Waals surface area contributed by atoms with Gasteiger partial charge < -0.3 is 5.32 Å². The van der Waals surface area contributed by atoms with Gasteiger partial charge in [0, 0.05) is 16.3 Å². The number of hydrogen-bond acceptors (Lipinski definition) is 2. The van der Waals surface area contributed by atoms with Gasteiger partial charge in [-0.25, -0.2) is 0 Å². The number of benzene rings is 1. The number of thiophene rings is 1. The maximum atomic E-state index is 3.21. The Labute approximate surface area is 108 Å². The van der Waals surface area contributed by atoms with E-state index in [9.17, 15) is 0 Å². The second-order valence-corrected chi connectivity index (χ2v) is 5.69. The van der Waals surface area contributed by atoms with Gasteiger partial charge in [0.25, 0.3) is 0 Å². The number of rotatable bonds is 3. The van der Waals surface area contributed by atoms with E-state index in [2.05, 4.69) is 50.4 Å². The van der Waals surface area contributed by atoms with Gasteiger partial charge in [-0.2, -0.15) is 0 Å². The zero-order valence-electron chi connectivity index (χ0n) is 10.9. The fourth-order valence-electron chi connectivity index (χ4n) is 1.98. The van der Waals surface area contributed by atoms with Crippen molar-refractivity contribution in [1.82, 2.24) is 5.32 Å². The largest absolute Gasteiger partial charge is 0.315 e. The molecule has 0 aliphatic carbocycles. The molecule has 0 radical (unpaired) electrons. The molecular formula is C15H19NS. The van der Waals surface area contributed by atoms with Gasteiger partial charge in [0.15, 0.2) is 0 Å². The third kappa shape index (κ3) is 2.59. The molecule has 0 spiro atoms. The molecule has 0 atom stereocenters. The van der Waals surface area contributed by atoms with Crippen molar-refractivity contribution in [3.8, 4) is 10.4 Å². The van der Waals surface area contributed by atoms with Gasteiger partial charge in [-0.15, -0.1) is 11.3 Å². The summed E-state index contributed by atoms with van der Waals surface area (Å²) in [5.41, 5.74) is 5.45. The monoisotopic (exact) mass is 245 g/mol. The van der Waals surface area contributed by atoms with Crippen molar-refractivity contribution >= 4 is 11.3 Å². The van der Waals surface area contributed by atoms with E-state index < -0.39 is 0 Å². The summed E-state index contributed by atoms with van der Waals surface area (Å²) in [6.45, 7) is 7.49. The molecule has 2 heteroatoms. The lowest BCUT2D eigenvalue weighted by atomic mass is 10.0. The molecule has 0 aliphatic heterocycles. The molecule has 1 N–H and O–H groups in total. The Balaban J connectivity index is 2.41. The van der Waals surface area contributed by atoms with Crippen LogP contribution in [-0.4, -0.2) is 7.05 Å². The normalized spacial score (nSPS) is 10.8. The Morgan fingerprint density at radius 1 is 1.00 bits per heavy atom. The average Bonchev–Trinajstić information content (AvgIpc) is 2.64. The number of hydrogen-bond donors (Lipinski definition) is 1. The van der Waals surface area contributed by atoms with Crippen LogP contribution >= 0.6 is 11.3 Å². The predicted molar refractivity (Wildman–Crippen MR) is 76.7 cm³/mol. The van der Waals surface area contributed by atoms with E-state index in [1.807, 2.05) is 18.4 Å². The summed E-state index contributed by atoms with van der Waals surface area (Å²) >= 11 is 1.89. The third-order valence-electron chi connectivity index (χ3n) is 3.09. The molecule has 0 amide bonds. The van der Waals surface area contributed by atoms with Crippen molar-refractivity contribution in [3.63, 3.8) is 0 Å². The fourth-order valence-corrected chi connectivity index (χ4v) is 3.16. The average molecular weight is 245 g/mol. The molecular weight excluding hydrogens is 226 g/mol. The summed E-state index contributed by atoms with van der Waals surface area (Å²) in [7, 11) is 1.99. The molecule has 0 unspecified atom stereocenters. The first-order valence-corrected chi connectivity index (χ1v) is 6.75. The summed E-state index contributed by atoms with van der Waals surface area (Å²) in [5, 5.41) is 3.21. The van der Waals surface area contributed by atoms with Gasteiger partial charge in [0.05, 0.1) is 0 Å². The first-order chi connectivity index (χ1) is 8.11. The predicted octanol–water partition coefficient (Wildman–Crippen LogP) is 4.06. The summed E-state index contributed by atoms with van der Waals surface area (Å²) < 4.78 is 0. The molecule has 1 nitrogen and oxygen atoms in total. The van der Waals surface area contributed by atoms with Crippen LogP contribution in [0.5, 0.6) is 0 Å². The smallest absolute Gasteiger partial charge is 0.0375 e. The molecule has 90 valence electrons. The molecule has 2 rings (SSSR count). The van der Waals surface area contributed by atoms with Crippen LogP contribution in [0.15, 0.2) is 24.3 Å². The van der Waals surface area contributed by atoms with Gasteiger partial charge in [0.2, 0.25) is 0 Å². The highest BCUT2D eigenvalue weighted by Crippen LogP contribution is 2.33.